The molecule has 0 radical (unpaired) electrons. The molecule has 29 heavy (non-hydrogen) atoms. The molecule has 2 aromatic rings. The van der Waals surface area contributed by atoms with Crippen molar-refractivity contribution in [1.29, 1.82) is 0 Å². The molecule has 6 heteroatoms. The van der Waals surface area contributed by atoms with Gasteiger partial charge in [-0.2, -0.15) is 0 Å². The van der Waals surface area contributed by atoms with Crippen LogP contribution in [0.25, 0.3) is 0 Å². The minimum absolute atomic E-state index is 0.213. The second-order valence-electron chi connectivity index (χ2n) is 7.15. The fourth-order valence-electron chi connectivity index (χ4n) is 3.36. The van der Waals surface area contributed by atoms with Crippen LogP contribution in [0.15, 0.2) is 54.6 Å². The average molecular weight is 413 g/mol. The van der Waals surface area contributed by atoms with E-state index in [1.54, 1.807) is 24.3 Å². The fourth-order valence-corrected chi connectivity index (χ4v) is 3.62. The number of para-hydroxylation sites is 1. The molecule has 0 spiro atoms. The van der Waals surface area contributed by atoms with Crippen molar-refractivity contribution in [2.24, 2.45) is 0 Å². The topological polar surface area (TPSA) is 59.6 Å². The Hall–Kier alpha value is -2.60. The molecule has 3 rings (SSSR count). The lowest BCUT2D eigenvalue weighted by Crippen LogP contribution is -2.44. The van der Waals surface area contributed by atoms with Gasteiger partial charge in [-0.1, -0.05) is 43.9 Å². The lowest BCUT2D eigenvalue weighted by atomic mass is 10.1. The van der Waals surface area contributed by atoms with Crippen molar-refractivity contribution in [2.75, 3.05) is 13.2 Å². The van der Waals surface area contributed by atoms with Crippen molar-refractivity contribution in [3.05, 3.63) is 60.2 Å². The Morgan fingerprint density at radius 3 is 2.07 bits per heavy atom. The van der Waals surface area contributed by atoms with Gasteiger partial charge in [0.25, 0.3) is 5.91 Å². The Morgan fingerprint density at radius 1 is 0.862 bits per heavy atom. The Bertz CT molecular complexity index is 772. The first-order chi connectivity index (χ1) is 14.2. The van der Waals surface area contributed by atoms with E-state index in [9.17, 15) is 4.79 Å². The zero-order chi connectivity index (χ0) is 20.3. The summed E-state index contributed by atoms with van der Waals surface area (Å²) in [4.78, 5) is 12.4. The predicted octanol–water partition coefficient (Wildman–Crippen LogP) is 4.47. The number of rotatable bonds is 7. The number of carbonyl (C=O) groups is 1. The molecule has 154 valence electrons. The van der Waals surface area contributed by atoms with Crippen LogP contribution in [-0.2, 0) is 0 Å². The maximum atomic E-state index is 12.4. The summed E-state index contributed by atoms with van der Waals surface area (Å²) in [6.07, 6.45) is 7.21. The van der Waals surface area contributed by atoms with Crippen molar-refractivity contribution < 1.29 is 14.3 Å². The molecule has 0 saturated heterocycles. The van der Waals surface area contributed by atoms with E-state index < -0.39 is 0 Å². The Kier molecular flexibility index (Phi) is 8.31. The summed E-state index contributed by atoms with van der Waals surface area (Å²) >= 11 is 5.31. The van der Waals surface area contributed by atoms with E-state index in [2.05, 4.69) is 10.6 Å². The Labute approximate surface area is 177 Å². The highest BCUT2D eigenvalue weighted by Gasteiger charge is 2.14. The second kappa shape index (κ2) is 11.4. The zero-order valence-electron chi connectivity index (χ0n) is 16.6. The van der Waals surface area contributed by atoms with Crippen LogP contribution in [0, 0.1) is 0 Å². The van der Waals surface area contributed by atoms with E-state index in [4.69, 9.17) is 21.7 Å². The van der Waals surface area contributed by atoms with Crippen molar-refractivity contribution in [2.45, 2.75) is 44.6 Å². The molecule has 0 unspecified atom stereocenters. The average Bonchev–Trinajstić information content (AvgIpc) is 3.01. The van der Waals surface area contributed by atoms with Gasteiger partial charge in [0.15, 0.2) is 5.11 Å². The molecule has 0 atom stereocenters. The molecule has 1 aliphatic carbocycles. The summed E-state index contributed by atoms with van der Waals surface area (Å²) in [5, 5.41) is 6.46. The first-order valence-corrected chi connectivity index (χ1v) is 10.6. The molecule has 0 aromatic heterocycles. The smallest absolute Gasteiger partial charge is 0.257 e. The van der Waals surface area contributed by atoms with Crippen molar-refractivity contribution >= 4 is 23.2 Å². The molecule has 2 N–H and O–H groups in total. The summed E-state index contributed by atoms with van der Waals surface area (Å²) in [5.74, 6) is 1.30. The van der Waals surface area contributed by atoms with Crippen LogP contribution >= 0.6 is 12.2 Å². The Balaban J connectivity index is 1.39. The summed E-state index contributed by atoms with van der Waals surface area (Å²) in [6, 6.07) is 17.0. The maximum Gasteiger partial charge on any atom is 0.257 e. The molecule has 1 aliphatic rings. The first kappa shape index (κ1) is 21.1. The number of hydrogen-bond acceptors (Lipinski definition) is 4. The molecule has 0 heterocycles. The van der Waals surface area contributed by atoms with Crippen molar-refractivity contribution in [3.8, 4) is 11.5 Å². The van der Waals surface area contributed by atoms with E-state index >= 15 is 0 Å². The highest BCUT2D eigenvalue weighted by atomic mass is 32.1. The van der Waals surface area contributed by atoms with Crippen LogP contribution in [0.3, 0.4) is 0 Å². The molecule has 2 aromatic carbocycles. The van der Waals surface area contributed by atoms with Gasteiger partial charge in [-0.25, -0.2) is 0 Å². The number of ether oxygens (including phenoxy) is 2. The van der Waals surface area contributed by atoms with Gasteiger partial charge < -0.3 is 14.8 Å². The van der Waals surface area contributed by atoms with E-state index in [0.717, 1.165) is 18.6 Å². The molecule has 0 aliphatic heterocycles. The second-order valence-corrected chi connectivity index (χ2v) is 7.56. The van der Waals surface area contributed by atoms with Crippen LogP contribution in [0.5, 0.6) is 11.5 Å². The van der Waals surface area contributed by atoms with Gasteiger partial charge >= 0.3 is 0 Å². The maximum absolute atomic E-state index is 12.4. The Morgan fingerprint density at radius 2 is 1.45 bits per heavy atom. The summed E-state index contributed by atoms with van der Waals surface area (Å²) in [7, 11) is 0. The monoisotopic (exact) mass is 412 g/mol. The van der Waals surface area contributed by atoms with Crippen LogP contribution in [0.1, 0.15) is 48.9 Å². The number of carbonyl (C=O) groups excluding carboxylic acids is 1. The molecule has 1 saturated carbocycles. The van der Waals surface area contributed by atoms with Crippen LogP contribution in [0.2, 0.25) is 0 Å². The normalized spacial score (nSPS) is 14.5. The number of thiocarbonyl (C=S) groups is 1. The number of benzene rings is 2. The lowest BCUT2D eigenvalue weighted by Gasteiger charge is -2.18. The number of amides is 1. The third kappa shape index (κ3) is 7.38. The van der Waals surface area contributed by atoms with Crippen molar-refractivity contribution in [3.63, 3.8) is 0 Å². The van der Waals surface area contributed by atoms with Gasteiger partial charge in [0, 0.05) is 11.6 Å². The van der Waals surface area contributed by atoms with E-state index in [-0.39, 0.29) is 5.91 Å². The third-order valence-corrected chi connectivity index (χ3v) is 5.12. The molecule has 1 amide bonds. The molecule has 0 bridgehead atoms. The van der Waals surface area contributed by atoms with Crippen molar-refractivity contribution in [1.82, 2.24) is 10.6 Å². The predicted molar refractivity (Wildman–Crippen MR) is 119 cm³/mol. The highest BCUT2D eigenvalue weighted by molar-refractivity contribution is 7.80. The van der Waals surface area contributed by atoms with Gasteiger partial charge in [-0.3, -0.25) is 10.1 Å². The quantitative estimate of drug-likeness (QED) is 0.399. The first-order valence-electron chi connectivity index (χ1n) is 10.2. The van der Waals surface area contributed by atoms with E-state index in [0.29, 0.717) is 35.7 Å². The molecule has 1 fully saturated rings. The zero-order valence-corrected chi connectivity index (χ0v) is 17.4. The molecule has 5 nitrogen and oxygen atoms in total. The minimum Gasteiger partial charge on any atom is -0.490 e. The van der Waals surface area contributed by atoms with Gasteiger partial charge in [-0.05, 0) is 61.5 Å². The largest absolute Gasteiger partial charge is 0.490 e. The summed E-state index contributed by atoms with van der Waals surface area (Å²) < 4.78 is 11.3. The number of nitrogens with one attached hydrogen (secondary N) is 2. The van der Waals surface area contributed by atoms with Crippen LogP contribution < -0.4 is 20.1 Å². The van der Waals surface area contributed by atoms with Gasteiger partial charge in [0.2, 0.25) is 0 Å². The van der Waals surface area contributed by atoms with Gasteiger partial charge in [0.05, 0.1) is 0 Å². The summed E-state index contributed by atoms with van der Waals surface area (Å²) in [6.45, 7) is 0.878. The highest BCUT2D eigenvalue weighted by Crippen LogP contribution is 2.17. The van der Waals surface area contributed by atoms with Gasteiger partial charge in [0.1, 0.15) is 24.7 Å². The SMILES string of the molecule is O=C(NC(=S)NC1CCCCCC1)c1ccc(OCCOc2ccccc2)cc1. The molecular formula is C23H28N2O3S. The molecular weight excluding hydrogens is 384 g/mol. The third-order valence-electron chi connectivity index (χ3n) is 4.90. The standard InChI is InChI=1S/C23H28N2O3S/c26-22(25-23(29)24-19-8-4-1-2-5-9-19)18-12-14-21(15-13-18)28-17-16-27-20-10-6-3-7-11-20/h3,6-7,10-15,19H,1-2,4-5,8-9,16-17H2,(H2,24,25,26,29). The summed E-state index contributed by atoms with van der Waals surface area (Å²) in [5.41, 5.74) is 0.544. The van der Waals surface area contributed by atoms with Gasteiger partial charge in [-0.15, -0.1) is 0 Å². The lowest BCUT2D eigenvalue weighted by molar-refractivity contribution is 0.0976. The van der Waals surface area contributed by atoms with Crippen LogP contribution in [-0.4, -0.2) is 30.3 Å². The number of hydrogen-bond donors (Lipinski definition) is 2. The van der Waals surface area contributed by atoms with E-state index in [1.807, 2.05) is 30.3 Å². The minimum atomic E-state index is -0.213. The van der Waals surface area contributed by atoms with E-state index in [1.165, 1.54) is 25.7 Å². The fraction of sp³-hybridized carbons (Fsp3) is 0.391. The van der Waals surface area contributed by atoms with Crippen LogP contribution in [0.4, 0.5) is 0 Å².